The fourth-order valence-electron chi connectivity index (χ4n) is 1.90. The first-order valence-corrected chi connectivity index (χ1v) is 7.89. The maximum Gasteiger partial charge on any atom is 0.161 e. The molecule has 0 amide bonds. The first-order valence-electron chi connectivity index (χ1n) is 5.93. The van der Waals surface area contributed by atoms with Gasteiger partial charge in [0.25, 0.3) is 0 Å². The Hall–Kier alpha value is -0.450. The third-order valence-electron chi connectivity index (χ3n) is 2.91. The molecule has 100 valence electrons. The molecule has 0 aliphatic carbocycles. The van der Waals surface area contributed by atoms with Crippen molar-refractivity contribution in [2.24, 2.45) is 0 Å². The van der Waals surface area contributed by atoms with E-state index in [1.165, 1.54) is 0 Å². The van der Waals surface area contributed by atoms with E-state index >= 15 is 0 Å². The lowest BCUT2D eigenvalue weighted by Gasteiger charge is -2.10. The van der Waals surface area contributed by atoms with E-state index in [1.807, 2.05) is 6.92 Å². The van der Waals surface area contributed by atoms with Gasteiger partial charge in [-0.1, -0.05) is 34.5 Å². The molecule has 0 aliphatic heterocycles. The summed E-state index contributed by atoms with van der Waals surface area (Å²) in [6.07, 6.45) is 0.810. The number of halogens is 3. The van der Waals surface area contributed by atoms with Crippen molar-refractivity contribution in [2.75, 3.05) is 0 Å². The van der Waals surface area contributed by atoms with Crippen molar-refractivity contribution >= 4 is 43.5 Å². The monoisotopic (exact) mass is 402 g/mol. The van der Waals surface area contributed by atoms with E-state index in [4.69, 9.17) is 11.6 Å². The van der Waals surface area contributed by atoms with Crippen LogP contribution < -0.4 is 0 Å². The fourth-order valence-corrected chi connectivity index (χ4v) is 2.78. The first kappa shape index (κ1) is 14.9. The van der Waals surface area contributed by atoms with Crippen LogP contribution in [0.1, 0.15) is 23.7 Å². The zero-order valence-electron chi connectivity index (χ0n) is 10.9. The maximum atomic E-state index is 6.15. The van der Waals surface area contributed by atoms with E-state index in [0.29, 0.717) is 11.0 Å². The van der Waals surface area contributed by atoms with Gasteiger partial charge in [-0.05, 0) is 59.5 Å². The summed E-state index contributed by atoms with van der Waals surface area (Å²) in [6.45, 7) is 6.16. The predicted octanol–water partition coefficient (Wildman–Crippen LogP) is 5.50. The van der Waals surface area contributed by atoms with Crippen LogP contribution in [0.5, 0.6) is 0 Å². The Morgan fingerprint density at radius 3 is 2.16 bits per heavy atom. The summed E-state index contributed by atoms with van der Waals surface area (Å²) in [5.74, 6) is 0.670. The molecule has 5 heteroatoms. The number of hydrogen-bond acceptors (Lipinski definition) is 2. The van der Waals surface area contributed by atoms with Crippen LogP contribution in [-0.2, 0) is 6.42 Å². The fraction of sp³-hybridized carbons (Fsp3) is 0.286. The molecule has 1 heterocycles. The molecule has 2 rings (SSSR count). The molecule has 0 unspecified atom stereocenters. The van der Waals surface area contributed by atoms with Crippen molar-refractivity contribution in [3.8, 4) is 11.4 Å². The Balaban J connectivity index is 2.62. The molecular formula is C14H13Br2ClN2. The number of hydrogen-bond donors (Lipinski definition) is 0. The van der Waals surface area contributed by atoms with Gasteiger partial charge in [-0.15, -0.1) is 0 Å². The van der Waals surface area contributed by atoms with E-state index in [2.05, 4.69) is 67.8 Å². The molecule has 2 aromatic rings. The van der Waals surface area contributed by atoms with Crippen molar-refractivity contribution in [3.63, 3.8) is 0 Å². The lowest BCUT2D eigenvalue weighted by Crippen LogP contribution is -1.98. The third kappa shape index (κ3) is 3.01. The van der Waals surface area contributed by atoms with E-state index in [-0.39, 0.29) is 0 Å². The minimum Gasteiger partial charge on any atom is -0.232 e. The second-order valence-electron chi connectivity index (χ2n) is 4.38. The summed E-state index contributed by atoms with van der Waals surface area (Å²) in [7, 11) is 0. The molecule has 0 saturated carbocycles. The number of rotatable bonds is 2. The van der Waals surface area contributed by atoms with E-state index in [1.54, 1.807) is 0 Å². The van der Waals surface area contributed by atoms with Crippen molar-refractivity contribution in [3.05, 3.63) is 43.1 Å². The molecule has 0 radical (unpaired) electrons. The minimum absolute atomic E-state index is 0.458. The summed E-state index contributed by atoms with van der Waals surface area (Å²) < 4.78 is 1.90. The third-order valence-corrected chi connectivity index (χ3v) is 5.49. The zero-order chi connectivity index (χ0) is 14.2. The van der Waals surface area contributed by atoms with Gasteiger partial charge in [0.15, 0.2) is 5.82 Å². The highest BCUT2D eigenvalue weighted by atomic mass is 79.9. The molecule has 0 spiro atoms. The molecule has 0 N–H and O–H groups in total. The van der Waals surface area contributed by atoms with Gasteiger partial charge in [0.1, 0.15) is 5.15 Å². The lowest BCUT2D eigenvalue weighted by atomic mass is 10.1. The maximum absolute atomic E-state index is 6.15. The standard InChI is InChI=1S/C14H13Br2ClN2/c1-4-10-12(16)13(17)19-14(18-10)9-5-7(2)11(15)8(3)6-9/h5-6H,4H2,1-3H3. The number of aryl methyl sites for hydroxylation is 3. The molecule has 0 atom stereocenters. The van der Waals surface area contributed by atoms with Crippen LogP contribution in [0, 0.1) is 13.8 Å². The minimum atomic E-state index is 0.458. The average molecular weight is 405 g/mol. The van der Waals surface area contributed by atoms with Crippen LogP contribution in [0.15, 0.2) is 21.1 Å². The summed E-state index contributed by atoms with van der Waals surface area (Å²) >= 11 is 13.1. The Morgan fingerprint density at radius 1 is 1.05 bits per heavy atom. The second-order valence-corrected chi connectivity index (χ2v) is 6.32. The summed E-state index contributed by atoms with van der Waals surface area (Å²) in [5, 5.41) is 0.458. The van der Waals surface area contributed by atoms with Crippen molar-refractivity contribution < 1.29 is 0 Å². The average Bonchev–Trinajstić information content (AvgIpc) is 2.38. The van der Waals surface area contributed by atoms with Crippen LogP contribution in [0.4, 0.5) is 0 Å². The highest BCUT2D eigenvalue weighted by Crippen LogP contribution is 2.30. The molecule has 2 nitrogen and oxygen atoms in total. The van der Waals surface area contributed by atoms with Gasteiger partial charge in [0.2, 0.25) is 0 Å². The zero-order valence-corrected chi connectivity index (χ0v) is 14.8. The van der Waals surface area contributed by atoms with Gasteiger partial charge in [0, 0.05) is 10.0 Å². The van der Waals surface area contributed by atoms with Crippen molar-refractivity contribution in [1.82, 2.24) is 9.97 Å². The molecule has 0 saturated heterocycles. The largest absolute Gasteiger partial charge is 0.232 e. The molecule has 0 aliphatic rings. The Kier molecular flexibility index (Phi) is 4.64. The lowest BCUT2D eigenvalue weighted by molar-refractivity contribution is 0.990. The van der Waals surface area contributed by atoms with Gasteiger partial charge < -0.3 is 0 Å². The first-order chi connectivity index (χ1) is 8.93. The molecule has 1 aromatic heterocycles. The highest BCUT2D eigenvalue weighted by Gasteiger charge is 2.12. The van der Waals surface area contributed by atoms with Gasteiger partial charge in [-0.2, -0.15) is 0 Å². The number of nitrogens with zero attached hydrogens (tertiary/aromatic N) is 2. The van der Waals surface area contributed by atoms with Gasteiger partial charge >= 0.3 is 0 Å². The van der Waals surface area contributed by atoms with Crippen LogP contribution >= 0.6 is 43.5 Å². The normalized spacial score (nSPS) is 10.8. The second kappa shape index (κ2) is 5.90. The highest BCUT2D eigenvalue weighted by molar-refractivity contribution is 9.11. The predicted molar refractivity (Wildman–Crippen MR) is 86.7 cm³/mol. The quantitative estimate of drug-likeness (QED) is 0.618. The SMILES string of the molecule is CCc1nc(-c2cc(C)c(Br)c(C)c2)nc(Cl)c1Br. The topological polar surface area (TPSA) is 25.8 Å². The summed E-state index contributed by atoms with van der Waals surface area (Å²) in [5.41, 5.74) is 4.24. The number of benzene rings is 1. The van der Waals surface area contributed by atoms with E-state index in [0.717, 1.165) is 37.8 Å². The van der Waals surface area contributed by atoms with Gasteiger partial charge in [-0.3, -0.25) is 0 Å². The van der Waals surface area contributed by atoms with Crippen molar-refractivity contribution in [2.45, 2.75) is 27.2 Å². The number of aromatic nitrogens is 2. The van der Waals surface area contributed by atoms with Crippen LogP contribution in [0.25, 0.3) is 11.4 Å². The summed E-state index contributed by atoms with van der Waals surface area (Å²) in [4.78, 5) is 8.93. The molecule has 0 fully saturated rings. The van der Waals surface area contributed by atoms with Crippen LogP contribution in [0.3, 0.4) is 0 Å². The Morgan fingerprint density at radius 2 is 1.63 bits per heavy atom. The van der Waals surface area contributed by atoms with E-state index in [9.17, 15) is 0 Å². The molecular weight excluding hydrogens is 391 g/mol. The van der Waals surface area contributed by atoms with Crippen LogP contribution in [0.2, 0.25) is 5.15 Å². The Bertz CT molecular complexity index is 619. The molecule has 0 bridgehead atoms. The van der Waals surface area contributed by atoms with Gasteiger partial charge in [0.05, 0.1) is 10.2 Å². The Labute approximate surface area is 134 Å². The van der Waals surface area contributed by atoms with Gasteiger partial charge in [-0.25, -0.2) is 9.97 Å². The molecule has 1 aromatic carbocycles. The van der Waals surface area contributed by atoms with Crippen molar-refractivity contribution in [1.29, 1.82) is 0 Å². The van der Waals surface area contributed by atoms with E-state index < -0.39 is 0 Å². The smallest absolute Gasteiger partial charge is 0.161 e. The van der Waals surface area contributed by atoms with Crippen LogP contribution in [-0.4, -0.2) is 9.97 Å². The molecule has 19 heavy (non-hydrogen) atoms. The summed E-state index contributed by atoms with van der Waals surface area (Å²) in [6, 6.07) is 4.13.